The van der Waals surface area contributed by atoms with Gasteiger partial charge in [0.05, 0.1) is 6.61 Å². The maximum atomic E-state index is 12.2. The molecule has 0 aliphatic carbocycles. The van der Waals surface area contributed by atoms with E-state index in [1.54, 1.807) is 0 Å². The topological polar surface area (TPSA) is 41.6 Å². The number of amides is 1. The summed E-state index contributed by atoms with van der Waals surface area (Å²) in [5.41, 5.74) is 3.68. The molecule has 1 heterocycles. The highest BCUT2D eigenvalue weighted by Crippen LogP contribution is 2.16. The number of nitrogens with one attached hydrogen (secondary N) is 1. The molecule has 126 valence electrons. The number of aryl methyl sites for hydroxylation is 2. The molecule has 0 aromatic heterocycles. The fraction of sp³-hybridized carbons (Fsp3) is 0.526. The second kappa shape index (κ2) is 8.73. The van der Waals surface area contributed by atoms with Gasteiger partial charge in [-0.25, -0.2) is 0 Å². The van der Waals surface area contributed by atoms with Crippen molar-refractivity contribution >= 4 is 5.91 Å². The van der Waals surface area contributed by atoms with Crippen molar-refractivity contribution in [3.8, 4) is 5.75 Å². The zero-order valence-electron chi connectivity index (χ0n) is 14.5. The first-order chi connectivity index (χ1) is 11.0. The lowest BCUT2D eigenvalue weighted by atomic mass is 10.1. The van der Waals surface area contributed by atoms with Crippen LogP contribution >= 0.6 is 0 Å². The smallest absolute Gasteiger partial charge is 0.226 e. The molecule has 4 nitrogen and oxygen atoms in total. The highest BCUT2D eigenvalue weighted by molar-refractivity contribution is 5.78. The highest BCUT2D eigenvalue weighted by Gasteiger charge is 2.12. The van der Waals surface area contributed by atoms with Crippen LogP contribution in [0, 0.1) is 13.8 Å². The Balaban J connectivity index is 1.68. The first-order valence-electron chi connectivity index (χ1n) is 8.38. The summed E-state index contributed by atoms with van der Waals surface area (Å²) >= 11 is 0. The SMILES string of the molecule is Cc1cc(C)cc(OCCCN(C)C(=O)CC2=CCNCC2)c1. The average molecular weight is 316 g/mol. The molecule has 0 radical (unpaired) electrons. The second-order valence-electron chi connectivity index (χ2n) is 6.33. The Morgan fingerprint density at radius 1 is 1.26 bits per heavy atom. The lowest BCUT2D eigenvalue weighted by molar-refractivity contribution is -0.129. The third-order valence-electron chi connectivity index (χ3n) is 4.06. The Bertz CT molecular complexity index is 546. The lowest BCUT2D eigenvalue weighted by Gasteiger charge is -2.20. The van der Waals surface area contributed by atoms with E-state index in [0.717, 1.165) is 38.2 Å². The summed E-state index contributed by atoms with van der Waals surface area (Å²) in [7, 11) is 1.88. The van der Waals surface area contributed by atoms with Crippen LogP contribution in [0.4, 0.5) is 0 Å². The van der Waals surface area contributed by atoms with E-state index < -0.39 is 0 Å². The van der Waals surface area contributed by atoms with E-state index in [4.69, 9.17) is 4.74 Å². The molecule has 0 saturated heterocycles. The van der Waals surface area contributed by atoms with Gasteiger partial charge in [0.25, 0.3) is 0 Å². The van der Waals surface area contributed by atoms with Crippen molar-refractivity contribution in [2.45, 2.75) is 33.1 Å². The van der Waals surface area contributed by atoms with Gasteiger partial charge in [0, 0.05) is 26.6 Å². The van der Waals surface area contributed by atoms with Gasteiger partial charge in [-0.3, -0.25) is 4.79 Å². The highest BCUT2D eigenvalue weighted by atomic mass is 16.5. The molecule has 0 unspecified atom stereocenters. The van der Waals surface area contributed by atoms with Crippen molar-refractivity contribution in [2.75, 3.05) is 33.3 Å². The monoisotopic (exact) mass is 316 g/mol. The summed E-state index contributed by atoms with van der Waals surface area (Å²) in [5, 5.41) is 3.26. The molecule has 1 amide bonds. The Labute approximate surface area is 139 Å². The number of benzene rings is 1. The van der Waals surface area contributed by atoms with Crippen molar-refractivity contribution in [2.24, 2.45) is 0 Å². The van der Waals surface area contributed by atoms with Gasteiger partial charge in [0.1, 0.15) is 5.75 Å². The van der Waals surface area contributed by atoms with Crippen molar-refractivity contribution in [1.82, 2.24) is 10.2 Å². The Morgan fingerprint density at radius 3 is 2.65 bits per heavy atom. The van der Waals surface area contributed by atoms with Crippen molar-refractivity contribution in [1.29, 1.82) is 0 Å². The summed E-state index contributed by atoms with van der Waals surface area (Å²) < 4.78 is 5.79. The van der Waals surface area contributed by atoms with Crippen LogP contribution in [0.5, 0.6) is 5.75 Å². The second-order valence-corrected chi connectivity index (χ2v) is 6.33. The number of hydrogen-bond donors (Lipinski definition) is 1. The van der Waals surface area contributed by atoms with Gasteiger partial charge in [-0.05, 0) is 56.5 Å². The van der Waals surface area contributed by atoms with E-state index >= 15 is 0 Å². The first-order valence-corrected chi connectivity index (χ1v) is 8.38. The van der Waals surface area contributed by atoms with Crippen LogP contribution in [0.25, 0.3) is 0 Å². The van der Waals surface area contributed by atoms with E-state index in [2.05, 4.69) is 31.3 Å². The molecule has 4 heteroatoms. The Morgan fingerprint density at radius 2 is 2.00 bits per heavy atom. The molecule has 1 aliphatic heterocycles. The van der Waals surface area contributed by atoms with Crippen LogP contribution in [0.15, 0.2) is 29.8 Å². The largest absolute Gasteiger partial charge is 0.494 e. The normalized spacial score (nSPS) is 14.3. The zero-order chi connectivity index (χ0) is 16.7. The molecule has 1 aromatic rings. The third-order valence-corrected chi connectivity index (χ3v) is 4.06. The fourth-order valence-electron chi connectivity index (χ4n) is 2.79. The molecule has 1 aromatic carbocycles. The van der Waals surface area contributed by atoms with Gasteiger partial charge in [0.15, 0.2) is 0 Å². The predicted molar refractivity (Wildman–Crippen MR) is 93.9 cm³/mol. The van der Waals surface area contributed by atoms with E-state index in [0.29, 0.717) is 13.0 Å². The fourth-order valence-corrected chi connectivity index (χ4v) is 2.79. The number of carbonyl (C=O) groups excluding carboxylic acids is 1. The molecule has 1 aliphatic rings. The van der Waals surface area contributed by atoms with Crippen molar-refractivity contribution in [3.63, 3.8) is 0 Å². The van der Waals surface area contributed by atoms with Crippen LogP contribution < -0.4 is 10.1 Å². The summed E-state index contributed by atoms with van der Waals surface area (Å²) in [6.45, 7) is 7.37. The molecular formula is C19H28N2O2. The van der Waals surface area contributed by atoms with Gasteiger partial charge in [-0.2, -0.15) is 0 Å². The molecule has 1 N–H and O–H groups in total. The molecule has 0 spiro atoms. The Kier molecular flexibility index (Phi) is 6.66. The average Bonchev–Trinajstić information content (AvgIpc) is 2.51. The van der Waals surface area contributed by atoms with Crippen LogP contribution in [-0.2, 0) is 4.79 Å². The lowest BCUT2D eigenvalue weighted by Crippen LogP contribution is -2.30. The molecule has 2 rings (SSSR count). The van der Waals surface area contributed by atoms with E-state index in [1.807, 2.05) is 24.1 Å². The minimum Gasteiger partial charge on any atom is -0.494 e. The predicted octanol–water partition coefficient (Wildman–Crippen LogP) is 2.84. The van der Waals surface area contributed by atoms with Crippen LogP contribution in [0.3, 0.4) is 0 Å². The molecule has 0 atom stereocenters. The number of hydrogen-bond acceptors (Lipinski definition) is 3. The molecule has 0 saturated carbocycles. The van der Waals surface area contributed by atoms with Crippen LogP contribution in [-0.4, -0.2) is 44.1 Å². The zero-order valence-corrected chi connectivity index (χ0v) is 14.5. The van der Waals surface area contributed by atoms with Crippen LogP contribution in [0.2, 0.25) is 0 Å². The van der Waals surface area contributed by atoms with E-state index in [-0.39, 0.29) is 5.91 Å². The molecule has 0 bridgehead atoms. The van der Waals surface area contributed by atoms with Gasteiger partial charge < -0.3 is 15.0 Å². The summed E-state index contributed by atoms with van der Waals surface area (Å²) in [6, 6.07) is 6.23. The maximum absolute atomic E-state index is 12.2. The standard InChI is InChI=1S/C19H28N2O2/c1-15-11-16(2)13-18(12-15)23-10-4-9-21(3)19(22)14-17-5-7-20-8-6-17/h5,11-13,20H,4,6-10,14H2,1-3H3. The Hall–Kier alpha value is -1.81. The summed E-state index contributed by atoms with van der Waals surface area (Å²) in [6.07, 6.45) is 4.51. The van der Waals surface area contributed by atoms with Gasteiger partial charge >= 0.3 is 0 Å². The number of carbonyl (C=O) groups is 1. The van der Waals surface area contributed by atoms with E-state index in [9.17, 15) is 4.79 Å². The quantitative estimate of drug-likeness (QED) is 0.621. The van der Waals surface area contributed by atoms with Crippen LogP contribution in [0.1, 0.15) is 30.4 Å². The van der Waals surface area contributed by atoms with Gasteiger partial charge in [-0.1, -0.05) is 17.7 Å². The number of rotatable bonds is 7. The van der Waals surface area contributed by atoms with Gasteiger partial charge in [0.2, 0.25) is 5.91 Å². The van der Waals surface area contributed by atoms with Crippen molar-refractivity contribution in [3.05, 3.63) is 41.0 Å². The van der Waals surface area contributed by atoms with E-state index in [1.165, 1.54) is 16.7 Å². The number of ether oxygens (including phenoxy) is 1. The van der Waals surface area contributed by atoms with Crippen molar-refractivity contribution < 1.29 is 9.53 Å². The molecule has 23 heavy (non-hydrogen) atoms. The maximum Gasteiger partial charge on any atom is 0.226 e. The minimum atomic E-state index is 0.199. The third kappa shape index (κ3) is 6.06. The minimum absolute atomic E-state index is 0.199. The van der Waals surface area contributed by atoms with Gasteiger partial charge in [-0.15, -0.1) is 0 Å². The summed E-state index contributed by atoms with van der Waals surface area (Å²) in [4.78, 5) is 14.0. The first kappa shape index (κ1) is 17.5. The number of nitrogens with zero attached hydrogens (tertiary/aromatic N) is 1. The molecular weight excluding hydrogens is 288 g/mol. The summed E-state index contributed by atoms with van der Waals surface area (Å²) in [5.74, 6) is 1.11. The molecule has 0 fully saturated rings.